The van der Waals surface area contributed by atoms with Crippen LogP contribution in [0.5, 0.6) is 0 Å². The summed E-state index contributed by atoms with van der Waals surface area (Å²) < 4.78 is 40.5. The van der Waals surface area contributed by atoms with Gasteiger partial charge < -0.3 is 5.32 Å². The standard InChI is InChI=1S/C19H19FN4O2S/c1-12-4-7-17(14(3)10-12)21-18-8-9-19(23-22-18)24-27(25,26)15-5-6-16(20)13(2)11-15/h4-11H,1-3H3,(H,21,22)(H,23,24). The van der Waals surface area contributed by atoms with Crippen LogP contribution in [0.15, 0.2) is 53.4 Å². The zero-order valence-electron chi connectivity index (χ0n) is 15.1. The number of hydrogen-bond acceptors (Lipinski definition) is 5. The highest BCUT2D eigenvalue weighted by atomic mass is 32.2. The molecule has 0 bridgehead atoms. The summed E-state index contributed by atoms with van der Waals surface area (Å²) in [5, 5.41) is 11.0. The number of hydrogen-bond donors (Lipinski definition) is 2. The number of rotatable bonds is 5. The summed E-state index contributed by atoms with van der Waals surface area (Å²) in [5.74, 6) is 0.0984. The molecule has 140 valence electrons. The summed E-state index contributed by atoms with van der Waals surface area (Å²) in [6.45, 7) is 5.50. The summed E-state index contributed by atoms with van der Waals surface area (Å²) in [7, 11) is -3.88. The van der Waals surface area contributed by atoms with E-state index in [0.29, 0.717) is 5.82 Å². The van der Waals surface area contributed by atoms with Crippen molar-refractivity contribution >= 4 is 27.3 Å². The van der Waals surface area contributed by atoms with Crippen molar-refractivity contribution in [1.82, 2.24) is 10.2 Å². The van der Waals surface area contributed by atoms with Crippen LogP contribution in [0.2, 0.25) is 0 Å². The molecule has 8 heteroatoms. The molecule has 0 aliphatic rings. The first-order valence-corrected chi connectivity index (χ1v) is 9.70. The molecule has 27 heavy (non-hydrogen) atoms. The Balaban J connectivity index is 1.76. The topological polar surface area (TPSA) is 84.0 Å². The Labute approximate surface area is 157 Å². The molecule has 0 amide bonds. The van der Waals surface area contributed by atoms with Gasteiger partial charge >= 0.3 is 0 Å². The molecule has 0 aliphatic carbocycles. The second-order valence-corrected chi connectivity index (χ2v) is 7.95. The maximum atomic E-state index is 13.3. The molecule has 0 atom stereocenters. The number of benzene rings is 2. The maximum Gasteiger partial charge on any atom is 0.263 e. The highest BCUT2D eigenvalue weighted by Gasteiger charge is 2.16. The number of anilines is 3. The van der Waals surface area contributed by atoms with E-state index in [1.807, 2.05) is 32.0 Å². The van der Waals surface area contributed by atoms with Crippen LogP contribution in [0, 0.1) is 26.6 Å². The summed E-state index contributed by atoms with van der Waals surface area (Å²) in [6, 6.07) is 12.7. The van der Waals surface area contributed by atoms with Crippen LogP contribution in [-0.2, 0) is 10.0 Å². The van der Waals surface area contributed by atoms with Gasteiger partial charge in [-0.25, -0.2) is 12.8 Å². The molecule has 3 rings (SSSR count). The quantitative estimate of drug-likeness (QED) is 0.690. The van der Waals surface area contributed by atoms with Gasteiger partial charge in [-0.3, -0.25) is 4.72 Å². The minimum Gasteiger partial charge on any atom is -0.339 e. The van der Waals surface area contributed by atoms with E-state index in [4.69, 9.17) is 0 Å². The number of halogens is 1. The lowest BCUT2D eigenvalue weighted by molar-refractivity contribution is 0.598. The van der Waals surface area contributed by atoms with Gasteiger partial charge in [-0.15, -0.1) is 10.2 Å². The van der Waals surface area contributed by atoms with Crippen LogP contribution in [-0.4, -0.2) is 18.6 Å². The van der Waals surface area contributed by atoms with Crippen LogP contribution in [0.4, 0.5) is 21.7 Å². The van der Waals surface area contributed by atoms with Crippen LogP contribution in [0.25, 0.3) is 0 Å². The number of sulfonamides is 1. The molecule has 0 saturated carbocycles. The van der Waals surface area contributed by atoms with E-state index in [1.54, 1.807) is 6.07 Å². The van der Waals surface area contributed by atoms with E-state index < -0.39 is 15.8 Å². The normalized spacial score (nSPS) is 11.3. The first-order chi connectivity index (χ1) is 12.7. The monoisotopic (exact) mass is 386 g/mol. The fourth-order valence-electron chi connectivity index (χ4n) is 2.53. The zero-order valence-corrected chi connectivity index (χ0v) is 15.9. The second kappa shape index (κ2) is 7.32. The van der Waals surface area contributed by atoms with Gasteiger partial charge in [0.2, 0.25) is 0 Å². The van der Waals surface area contributed by atoms with E-state index in [2.05, 4.69) is 20.2 Å². The molecule has 3 aromatic rings. The van der Waals surface area contributed by atoms with E-state index >= 15 is 0 Å². The van der Waals surface area contributed by atoms with Crippen LogP contribution in [0.3, 0.4) is 0 Å². The van der Waals surface area contributed by atoms with Crippen molar-refractivity contribution in [3.05, 3.63) is 71.0 Å². The van der Waals surface area contributed by atoms with Gasteiger partial charge in [-0.2, -0.15) is 0 Å². The minimum atomic E-state index is -3.88. The molecule has 0 saturated heterocycles. The van der Waals surface area contributed by atoms with Crippen molar-refractivity contribution in [3.8, 4) is 0 Å². The van der Waals surface area contributed by atoms with Gasteiger partial charge in [-0.1, -0.05) is 17.7 Å². The number of nitrogens with zero attached hydrogens (tertiary/aromatic N) is 2. The highest BCUT2D eigenvalue weighted by Crippen LogP contribution is 2.21. The first kappa shape index (κ1) is 18.8. The molecular weight excluding hydrogens is 367 g/mol. The number of aromatic nitrogens is 2. The van der Waals surface area contributed by atoms with E-state index in [0.717, 1.165) is 22.9 Å². The third-order valence-electron chi connectivity index (χ3n) is 3.99. The van der Waals surface area contributed by atoms with Crippen molar-refractivity contribution in [3.63, 3.8) is 0 Å². The fourth-order valence-corrected chi connectivity index (χ4v) is 3.61. The fraction of sp³-hybridized carbons (Fsp3) is 0.158. The highest BCUT2D eigenvalue weighted by molar-refractivity contribution is 7.92. The summed E-state index contributed by atoms with van der Waals surface area (Å²) in [5.41, 5.74) is 3.36. The molecule has 0 aliphatic heterocycles. The van der Waals surface area contributed by atoms with Gasteiger partial charge in [0.15, 0.2) is 11.6 Å². The summed E-state index contributed by atoms with van der Waals surface area (Å²) in [6.07, 6.45) is 0. The Kier molecular flexibility index (Phi) is 5.09. The van der Waals surface area contributed by atoms with Crippen LogP contribution < -0.4 is 10.0 Å². The lowest BCUT2D eigenvalue weighted by Gasteiger charge is -2.10. The van der Waals surface area contributed by atoms with E-state index in [-0.39, 0.29) is 16.3 Å². The molecule has 2 aromatic carbocycles. The lowest BCUT2D eigenvalue weighted by atomic mass is 10.1. The average molecular weight is 386 g/mol. The predicted octanol–water partition coefficient (Wildman–Crippen LogP) is 4.09. The smallest absolute Gasteiger partial charge is 0.263 e. The molecule has 1 aromatic heterocycles. The van der Waals surface area contributed by atoms with Crippen molar-refractivity contribution in [1.29, 1.82) is 0 Å². The van der Waals surface area contributed by atoms with E-state index in [9.17, 15) is 12.8 Å². The molecule has 0 spiro atoms. The van der Waals surface area contributed by atoms with Crippen molar-refractivity contribution in [2.75, 3.05) is 10.0 Å². The lowest BCUT2D eigenvalue weighted by Crippen LogP contribution is -2.14. The third-order valence-corrected chi connectivity index (χ3v) is 5.34. The molecule has 0 radical (unpaired) electrons. The van der Waals surface area contributed by atoms with Gasteiger partial charge in [0.05, 0.1) is 4.90 Å². The third kappa shape index (κ3) is 4.40. The van der Waals surface area contributed by atoms with Crippen molar-refractivity contribution < 1.29 is 12.8 Å². The Morgan fingerprint density at radius 3 is 2.19 bits per heavy atom. The Morgan fingerprint density at radius 2 is 1.56 bits per heavy atom. The molecule has 6 nitrogen and oxygen atoms in total. The summed E-state index contributed by atoms with van der Waals surface area (Å²) >= 11 is 0. The van der Waals surface area contributed by atoms with Gasteiger partial charge in [0, 0.05) is 5.69 Å². The molecular formula is C19H19FN4O2S. The Morgan fingerprint density at radius 1 is 0.852 bits per heavy atom. The van der Waals surface area contributed by atoms with Crippen molar-refractivity contribution in [2.45, 2.75) is 25.7 Å². The van der Waals surface area contributed by atoms with E-state index in [1.165, 1.54) is 25.1 Å². The summed E-state index contributed by atoms with van der Waals surface area (Å²) in [4.78, 5) is -0.0410. The van der Waals surface area contributed by atoms with Crippen LogP contribution >= 0.6 is 0 Å². The number of nitrogens with one attached hydrogen (secondary N) is 2. The average Bonchev–Trinajstić information content (AvgIpc) is 2.61. The maximum absolute atomic E-state index is 13.3. The Hall–Kier alpha value is -3.00. The zero-order chi connectivity index (χ0) is 19.6. The minimum absolute atomic E-state index is 0.0410. The first-order valence-electron chi connectivity index (χ1n) is 8.21. The number of aryl methyl sites for hydroxylation is 3. The molecule has 2 N–H and O–H groups in total. The molecule has 1 heterocycles. The van der Waals surface area contributed by atoms with Gasteiger partial charge in [0.25, 0.3) is 10.0 Å². The SMILES string of the molecule is Cc1ccc(Nc2ccc(NS(=O)(=O)c3ccc(F)c(C)c3)nn2)c(C)c1. The Bertz CT molecular complexity index is 1080. The van der Waals surface area contributed by atoms with Crippen molar-refractivity contribution in [2.24, 2.45) is 0 Å². The van der Waals surface area contributed by atoms with Crippen LogP contribution in [0.1, 0.15) is 16.7 Å². The van der Waals surface area contributed by atoms with Gasteiger partial charge in [0.1, 0.15) is 5.82 Å². The second-order valence-electron chi connectivity index (χ2n) is 6.26. The molecule has 0 fully saturated rings. The van der Waals surface area contributed by atoms with Gasteiger partial charge in [-0.05, 0) is 68.3 Å². The molecule has 0 unspecified atom stereocenters. The predicted molar refractivity (Wildman–Crippen MR) is 103 cm³/mol. The largest absolute Gasteiger partial charge is 0.339 e.